The van der Waals surface area contributed by atoms with Gasteiger partial charge < -0.3 is 15.0 Å². The summed E-state index contributed by atoms with van der Waals surface area (Å²) < 4.78 is 59.5. The fraction of sp³-hybridized carbons (Fsp3) is 0.296. The summed E-state index contributed by atoms with van der Waals surface area (Å²) >= 11 is 0. The summed E-state index contributed by atoms with van der Waals surface area (Å²) in [5.41, 5.74) is 0.0590. The summed E-state index contributed by atoms with van der Waals surface area (Å²) in [6.07, 6.45) is 2.35. The van der Waals surface area contributed by atoms with Crippen LogP contribution in [0.1, 0.15) is 34.3 Å². The number of ether oxygens (including phenoxy) is 1. The molecule has 14 heteroatoms. The number of benzene rings is 1. The zero-order chi connectivity index (χ0) is 28.9. The molecule has 4 aliphatic heterocycles. The Morgan fingerprint density at radius 2 is 2.02 bits per heavy atom. The van der Waals surface area contributed by atoms with Gasteiger partial charge in [0.2, 0.25) is 11.6 Å². The molecule has 3 atom stereocenters. The minimum absolute atomic E-state index is 0.00210. The molecular formula is C27H24F4N7O3+. The third kappa shape index (κ3) is 4.83. The first kappa shape index (κ1) is 26.9. The van der Waals surface area contributed by atoms with Crippen molar-refractivity contribution in [2.75, 3.05) is 25.1 Å². The predicted octanol–water partition coefficient (Wildman–Crippen LogP) is 3.35. The number of aliphatic imine (C=N–C) groups is 2. The van der Waals surface area contributed by atoms with Crippen molar-refractivity contribution >= 4 is 29.7 Å². The molecule has 212 valence electrons. The zero-order valence-corrected chi connectivity index (χ0v) is 21.4. The molecule has 5 heterocycles. The van der Waals surface area contributed by atoms with E-state index < -0.39 is 28.1 Å². The molecule has 0 bridgehead atoms. The van der Waals surface area contributed by atoms with Gasteiger partial charge in [-0.05, 0) is 43.2 Å². The fourth-order valence-electron chi connectivity index (χ4n) is 5.48. The van der Waals surface area contributed by atoms with Crippen LogP contribution >= 0.6 is 0 Å². The summed E-state index contributed by atoms with van der Waals surface area (Å²) in [7, 11) is 0. The smallest absolute Gasteiger partial charge is 0.369 e. The standard InChI is InChI=1S/C27H23F4N7O3/c28-20-9-15(26(40)35-22-10-17(5-6-34-22)27(29,30)31)2-4-19(20)25-36-24(21-11-33-7-8-38(21,25)32)16-1-3-18-13-41-14-23(39)37(18)12-16/h2,4-11,16,18H,1,3,12-14,32H2/p+1/t16-,18+,38?/m1/s1. The van der Waals surface area contributed by atoms with E-state index in [1.54, 1.807) is 17.3 Å². The fourth-order valence-corrected chi connectivity index (χ4v) is 5.48. The molecule has 4 aliphatic rings. The number of rotatable bonds is 4. The Hall–Kier alpha value is -4.27. The highest BCUT2D eigenvalue weighted by Crippen LogP contribution is 2.39. The molecule has 0 aliphatic carbocycles. The molecule has 1 aromatic heterocycles. The van der Waals surface area contributed by atoms with Crippen molar-refractivity contribution in [1.29, 1.82) is 0 Å². The maximum Gasteiger partial charge on any atom is 0.416 e. The van der Waals surface area contributed by atoms with E-state index in [0.717, 1.165) is 24.8 Å². The van der Waals surface area contributed by atoms with Gasteiger partial charge in [-0.25, -0.2) is 9.37 Å². The molecule has 0 radical (unpaired) electrons. The van der Waals surface area contributed by atoms with Crippen LogP contribution in [0.4, 0.5) is 23.4 Å². The first-order valence-electron chi connectivity index (χ1n) is 12.8. The van der Waals surface area contributed by atoms with Crippen molar-refractivity contribution in [3.05, 3.63) is 82.8 Å². The van der Waals surface area contributed by atoms with Gasteiger partial charge in [-0.2, -0.15) is 24.0 Å². The van der Waals surface area contributed by atoms with Crippen LogP contribution in [-0.2, 0) is 15.7 Å². The molecule has 1 unspecified atom stereocenters. The number of carbonyl (C=O) groups excluding carboxylic acids is 2. The summed E-state index contributed by atoms with van der Waals surface area (Å²) in [4.78, 5) is 39.7. The monoisotopic (exact) mass is 570 g/mol. The van der Waals surface area contributed by atoms with Crippen LogP contribution in [0.25, 0.3) is 0 Å². The Labute approximate surface area is 231 Å². The zero-order valence-electron chi connectivity index (χ0n) is 21.4. The van der Waals surface area contributed by atoms with E-state index in [1.165, 1.54) is 18.3 Å². The number of nitrogens with two attached hydrogens (primary N) is 1. The molecule has 0 spiro atoms. The molecule has 2 fully saturated rings. The maximum atomic E-state index is 15.6. The van der Waals surface area contributed by atoms with Crippen LogP contribution in [0.15, 0.2) is 70.3 Å². The third-order valence-corrected chi connectivity index (χ3v) is 7.57. The summed E-state index contributed by atoms with van der Waals surface area (Å²) in [6.45, 7) is 0.930. The number of halogens is 4. The van der Waals surface area contributed by atoms with Crippen molar-refractivity contribution in [3.63, 3.8) is 0 Å². The highest BCUT2D eigenvalue weighted by molar-refractivity contribution is 6.05. The third-order valence-electron chi connectivity index (χ3n) is 7.57. The number of hydrogen-bond acceptors (Lipinski definition) is 7. The van der Waals surface area contributed by atoms with E-state index >= 15 is 4.39 Å². The van der Waals surface area contributed by atoms with Crippen LogP contribution in [0.5, 0.6) is 0 Å². The van der Waals surface area contributed by atoms with Crippen LogP contribution in [0.3, 0.4) is 0 Å². The van der Waals surface area contributed by atoms with Crippen molar-refractivity contribution in [3.8, 4) is 0 Å². The average Bonchev–Trinajstić information content (AvgIpc) is 3.25. The number of pyridine rings is 1. The Morgan fingerprint density at radius 1 is 1.20 bits per heavy atom. The second-order valence-electron chi connectivity index (χ2n) is 10.1. The number of anilines is 1. The van der Waals surface area contributed by atoms with Crippen LogP contribution in [0, 0.1) is 11.7 Å². The second-order valence-corrected chi connectivity index (χ2v) is 10.1. The quantitative estimate of drug-likeness (QED) is 0.332. The van der Waals surface area contributed by atoms with Crippen molar-refractivity contribution in [2.45, 2.75) is 25.1 Å². The number of amides is 2. The number of morpholine rings is 1. The molecule has 1 aromatic carbocycles. The Balaban J connectivity index is 1.27. The van der Waals surface area contributed by atoms with Crippen LogP contribution in [-0.4, -0.2) is 64.1 Å². The second kappa shape index (κ2) is 9.98. The van der Waals surface area contributed by atoms with Gasteiger partial charge in [-0.1, -0.05) is 0 Å². The first-order chi connectivity index (χ1) is 19.5. The van der Waals surface area contributed by atoms with Gasteiger partial charge in [0.1, 0.15) is 30.1 Å². The average molecular weight is 571 g/mol. The van der Waals surface area contributed by atoms with E-state index in [4.69, 9.17) is 15.6 Å². The van der Waals surface area contributed by atoms with Gasteiger partial charge in [0.15, 0.2) is 0 Å². The highest BCUT2D eigenvalue weighted by atomic mass is 19.4. The summed E-state index contributed by atoms with van der Waals surface area (Å²) in [6, 6.07) is 5.10. The van der Waals surface area contributed by atoms with Gasteiger partial charge in [-0.3, -0.25) is 14.6 Å². The number of piperidine rings is 1. The molecule has 2 saturated heterocycles. The van der Waals surface area contributed by atoms with Crippen LogP contribution < -0.4 is 11.2 Å². The molecular weight excluding hydrogens is 546 g/mol. The maximum absolute atomic E-state index is 15.6. The largest absolute Gasteiger partial charge is 0.416 e. The Bertz CT molecular complexity index is 1570. The lowest BCUT2D eigenvalue weighted by molar-refractivity contribution is -0.750. The van der Waals surface area contributed by atoms with Crippen molar-refractivity contribution in [2.24, 2.45) is 21.7 Å². The number of alkyl halides is 3. The molecule has 0 saturated carbocycles. The van der Waals surface area contributed by atoms with E-state index in [1.807, 2.05) is 0 Å². The molecule has 6 rings (SSSR count). The number of nitrogens with one attached hydrogen (secondary N) is 1. The number of quaternary nitrogens is 1. The van der Waals surface area contributed by atoms with Gasteiger partial charge in [-0.15, -0.1) is 4.59 Å². The summed E-state index contributed by atoms with van der Waals surface area (Å²) in [5, 5.41) is 2.26. The lowest BCUT2D eigenvalue weighted by atomic mass is 9.89. The molecule has 2 aromatic rings. The normalized spacial score (nSPS) is 25.6. The number of allylic oxidation sites excluding steroid dienone is 1. The molecule has 10 nitrogen and oxygen atoms in total. The van der Waals surface area contributed by atoms with Crippen molar-refractivity contribution < 1.29 is 36.5 Å². The SMILES string of the molecule is N[N+]12C=CN=CC1=C([C@@H]1CC[C@H]3COCC(=O)N3C1)N=C2c1ccc(C(=O)Nc2cc(C(F)(F)F)ccn2)cc1F. The lowest BCUT2D eigenvalue weighted by Crippen LogP contribution is -2.54. The number of amidine groups is 1. The first-order valence-corrected chi connectivity index (χ1v) is 12.8. The minimum atomic E-state index is -4.62. The topological polar surface area (TPSA) is 122 Å². The van der Waals surface area contributed by atoms with E-state index in [9.17, 15) is 22.8 Å². The van der Waals surface area contributed by atoms with Crippen LogP contribution in [0.2, 0.25) is 0 Å². The summed E-state index contributed by atoms with van der Waals surface area (Å²) in [5.74, 6) is 4.67. The predicted molar refractivity (Wildman–Crippen MR) is 138 cm³/mol. The number of fused-ring (bicyclic) bond motifs is 2. The van der Waals surface area contributed by atoms with Gasteiger partial charge in [0.05, 0.1) is 36.2 Å². The molecule has 41 heavy (non-hydrogen) atoms. The van der Waals surface area contributed by atoms with E-state index in [-0.39, 0.29) is 47.3 Å². The van der Waals surface area contributed by atoms with E-state index in [2.05, 4.69) is 15.3 Å². The van der Waals surface area contributed by atoms with Gasteiger partial charge in [0.25, 0.3) is 11.7 Å². The Morgan fingerprint density at radius 3 is 2.80 bits per heavy atom. The Kier molecular flexibility index (Phi) is 6.55. The number of nitrogens with zero attached hydrogens (tertiary/aromatic N) is 5. The van der Waals surface area contributed by atoms with Crippen molar-refractivity contribution in [1.82, 2.24) is 9.88 Å². The molecule has 2 amide bonds. The number of hydrogen-bond donors (Lipinski definition) is 2. The van der Waals surface area contributed by atoms with Gasteiger partial charge in [0, 0.05) is 24.2 Å². The lowest BCUT2D eigenvalue weighted by Gasteiger charge is -2.42. The number of carbonyl (C=O) groups is 2. The highest BCUT2D eigenvalue weighted by Gasteiger charge is 2.48. The minimum Gasteiger partial charge on any atom is -0.369 e. The molecule has 3 N–H and O–H groups in total. The van der Waals surface area contributed by atoms with E-state index in [0.29, 0.717) is 37.0 Å². The number of aromatic nitrogens is 1. The van der Waals surface area contributed by atoms with Gasteiger partial charge >= 0.3 is 6.18 Å².